The van der Waals surface area contributed by atoms with Crippen molar-refractivity contribution in [3.05, 3.63) is 110 Å². The van der Waals surface area contributed by atoms with Gasteiger partial charge in [-0.1, -0.05) is 43.6 Å². The molecule has 0 aliphatic carbocycles. The minimum Gasteiger partial charge on any atom is -0.324 e. The molecule has 6 aromatic rings. The molecule has 1 aliphatic heterocycles. The summed E-state index contributed by atoms with van der Waals surface area (Å²) >= 11 is 8.17. The molecule has 0 radical (unpaired) electrons. The van der Waals surface area contributed by atoms with Crippen LogP contribution in [-0.4, -0.2) is 35.4 Å². The van der Waals surface area contributed by atoms with Gasteiger partial charge in [-0.05, 0) is 57.8 Å². The van der Waals surface area contributed by atoms with E-state index in [1.807, 2.05) is 12.1 Å². The van der Waals surface area contributed by atoms with Crippen LogP contribution in [0.15, 0.2) is 82.7 Å². The third-order valence-electron chi connectivity index (χ3n) is 7.43. The Morgan fingerprint density at radius 2 is 2.00 bits per heavy atom. The van der Waals surface area contributed by atoms with Crippen molar-refractivity contribution < 1.29 is 0 Å². The van der Waals surface area contributed by atoms with Gasteiger partial charge in [0.25, 0.3) is 5.56 Å². The molecule has 1 N–H and O–H groups in total. The summed E-state index contributed by atoms with van der Waals surface area (Å²) < 4.78 is 3.28. The predicted octanol–water partition coefficient (Wildman–Crippen LogP) is 6.18. The first kappa shape index (κ1) is 25.0. The normalized spacial score (nSPS) is 15.0. The molecule has 40 heavy (non-hydrogen) atoms. The summed E-state index contributed by atoms with van der Waals surface area (Å²) in [6.45, 7) is 7.42. The number of rotatable bonds is 5. The standard InChI is InChI=1S/C30H26ClN7OS/c1-30(2)18-36(15-19-9-12-40-17-19)16-20-13-21(7-8-23(20)30)34-28-33-14-22-26(35-28)37-11-10-32-29(37)38(27(22)39)25-6-4-3-5-24(25)31/h3-14,17H,15-16,18H2,1-2H3,(H,33,34,35). The van der Waals surface area contributed by atoms with Crippen molar-refractivity contribution in [1.82, 2.24) is 28.8 Å². The third-order valence-corrected chi connectivity index (χ3v) is 8.49. The largest absolute Gasteiger partial charge is 0.324 e. The van der Waals surface area contributed by atoms with Gasteiger partial charge in [-0.15, -0.1) is 0 Å². The van der Waals surface area contributed by atoms with Crippen molar-refractivity contribution >= 4 is 51.4 Å². The summed E-state index contributed by atoms with van der Waals surface area (Å²) in [5.74, 6) is 0.833. The van der Waals surface area contributed by atoms with Gasteiger partial charge in [-0.25, -0.2) is 14.5 Å². The summed E-state index contributed by atoms with van der Waals surface area (Å²) in [6, 6.07) is 15.9. The molecule has 1 aliphatic rings. The summed E-state index contributed by atoms with van der Waals surface area (Å²) in [6.07, 6.45) is 4.98. The van der Waals surface area contributed by atoms with Crippen LogP contribution in [0.1, 0.15) is 30.5 Å². The van der Waals surface area contributed by atoms with E-state index in [9.17, 15) is 4.79 Å². The van der Waals surface area contributed by atoms with Crippen molar-refractivity contribution in [3.63, 3.8) is 0 Å². The van der Waals surface area contributed by atoms with Crippen LogP contribution in [0.2, 0.25) is 5.02 Å². The Kier molecular flexibility index (Phi) is 5.96. The Morgan fingerprint density at radius 1 is 1.12 bits per heavy atom. The molecule has 0 atom stereocenters. The number of thiophene rings is 1. The highest BCUT2D eigenvalue weighted by molar-refractivity contribution is 7.07. The number of nitrogens with one attached hydrogen (secondary N) is 1. The topological polar surface area (TPSA) is 80.4 Å². The quantitative estimate of drug-likeness (QED) is 0.268. The number of para-hydroxylation sites is 1. The predicted molar refractivity (Wildman–Crippen MR) is 160 cm³/mol. The van der Waals surface area contributed by atoms with Gasteiger partial charge < -0.3 is 5.32 Å². The SMILES string of the molecule is CC1(C)CN(Cc2ccsc2)Cc2cc(Nc3ncc4c(=O)n(-c5ccccc5Cl)c5nccn5c4n3)ccc21. The van der Waals surface area contributed by atoms with E-state index in [0.29, 0.717) is 33.5 Å². The lowest BCUT2D eigenvalue weighted by Crippen LogP contribution is -2.41. The number of fused-ring (bicyclic) bond motifs is 4. The lowest BCUT2D eigenvalue weighted by atomic mass is 9.78. The maximum atomic E-state index is 13.6. The van der Waals surface area contributed by atoms with E-state index in [4.69, 9.17) is 16.6 Å². The van der Waals surface area contributed by atoms with E-state index in [1.165, 1.54) is 21.3 Å². The molecule has 7 rings (SSSR count). The molecule has 0 amide bonds. The molecular formula is C30H26ClN7OS. The van der Waals surface area contributed by atoms with Crippen LogP contribution in [0.3, 0.4) is 0 Å². The Morgan fingerprint density at radius 3 is 2.83 bits per heavy atom. The number of imidazole rings is 1. The lowest BCUT2D eigenvalue weighted by Gasteiger charge is -2.40. The Balaban J connectivity index is 1.25. The van der Waals surface area contributed by atoms with E-state index in [-0.39, 0.29) is 11.0 Å². The Bertz CT molecular complexity index is 1940. The number of hydrogen-bond donors (Lipinski definition) is 1. The number of halogens is 1. The molecule has 5 heterocycles. The second-order valence-corrected chi connectivity index (χ2v) is 12.0. The average Bonchev–Trinajstić information content (AvgIpc) is 3.62. The molecule has 0 unspecified atom stereocenters. The number of nitrogens with zero attached hydrogens (tertiary/aromatic N) is 6. The molecule has 0 bridgehead atoms. The summed E-state index contributed by atoms with van der Waals surface area (Å²) in [5.41, 5.74) is 5.68. The number of benzene rings is 2. The molecular weight excluding hydrogens is 542 g/mol. The molecule has 4 aromatic heterocycles. The van der Waals surface area contributed by atoms with Gasteiger partial charge in [0.1, 0.15) is 5.39 Å². The average molecular weight is 568 g/mol. The second kappa shape index (κ2) is 9.55. The molecule has 200 valence electrons. The molecule has 0 saturated heterocycles. The Hall–Kier alpha value is -4.05. The Labute approximate surface area is 239 Å². The van der Waals surface area contributed by atoms with E-state index < -0.39 is 0 Å². The summed E-state index contributed by atoms with van der Waals surface area (Å²) in [4.78, 5) is 29.8. The third kappa shape index (κ3) is 4.27. The molecule has 0 spiro atoms. The number of hydrogen-bond acceptors (Lipinski definition) is 7. The van der Waals surface area contributed by atoms with Gasteiger partial charge in [-0.3, -0.25) is 14.1 Å². The maximum Gasteiger partial charge on any atom is 0.270 e. The van der Waals surface area contributed by atoms with Crippen LogP contribution in [0.5, 0.6) is 0 Å². The fourth-order valence-corrected chi connectivity index (χ4v) is 6.62. The van der Waals surface area contributed by atoms with Crippen molar-refractivity contribution in [2.24, 2.45) is 0 Å². The van der Waals surface area contributed by atoms with E-state index in [0.717, 1.165) is 25.3 Å². The molecule has 0 fully saturated rings. The van der Waals surface area contributed by atoms with Crippen molar-refractivity contribution in [2.75, 3.05) is 11.9 Å². The fraction of sp³-hybridized carbons (Fsp3) is 0.200. The van der Waals surface area contributed by atoms with Crippen molar-refractivity contribution in [1.29, 1.82) is 0 Å². The van der Waals surface area contributed by atoms with Gasteiger partial charge in [0.2, 0.25) is 11.7 Å². The highest BCUT2D eigenvalue weighted by atomic mass is 35.5. The monoisotopic (exact) mass is 567 g/mol. The van der Waals surface area contributed by atoms with Crippen LogP contribution in [-0.2, 0) is 18.5 Å². The van der Waals surface area contributed by atoms with E-state index >= 15 is 0 Å². The second-order valence-electron chi connectivity index (χ2n) is 10.8. The lowest BCUT2D eigenvalue weighted by molar-refractivity contribution is 0.186. The van der Waals surface area contributed by atoms with Gasteiger partial charge in [-0.2, -0.15) is 16.3 Å². The zero-order valence-corrected chi connectivity index (χ0v) is 23.6. The highest BCUT2D eigenvalue weighted by Gasteiger charge is 2.32. The van der Waals surface area contributed by atoms with Crippen LogP contribution >= 0.6 is 22.9 Å². The van der Waals surface area contributed by atoms with Gasteiger partial charge >= 0.3 is 0 Å². The summed E-state index contributed by atoms with van der Waals surface area (Å²) in [7, 11) is 0. The van der Waals surface area contributed by atoms with Gasteiger partial charge in [0.15, 0.2) is 5.65 Å². The van der Waals surface area contributed by atoms with Gasteiger partial charge in [0.05, 0.1) is 10.7 Å². The molecule has 0 saturated carbocycles. The van der Waals surface area contributed by atoms with Crippen LogP contribution in [0.4, 0.5) is 11.6 Å². The molecule has 2 aromatic carbocycles. The number of anilines is 2. The zero-order valence-electron chi connectivity index (χ0n) is 22.0. The molecule has 8 nitrogen and oxygen atoms in total. The fourth-order valence-electron chi connectivity index (χ4n) is 5.74. The van der Waals surface area contributed by atoms with Crippen molar-refractivity contribution in [3.8, 4) is 5.69 Å². The maximum absolute atomic E-state index is 13.6. The highest BCUT2D eigenvalue weighted by Crippen LogP contribution is 2.36. The van der Waals surface area contributed by atoms with Crippen LogP contribution in [0, 0.1) is 0 Å². The van der Waals surface area contributed by atoms with Crippen molar-refractivity contribution in [2.45, 2.75) is 32.4 Å². The first-order valence-corrected chi connectivity index (χ1v) is 14.3. The minimum absolute atomic E-state index is 0.0379. The van der Waals surface area contributed by atoms with Gasteiger partial charge in [0, 0.05) is 49.3 Å². The van der Waals surface area contributed by atoms with Crippen LogP contribution in [0.25, 0.3) is 22.5 Å². The molecule has 10 heteroatoms. The number of aromatic nitrogens is 5. The first-order valence-electron chi connectivity index (χ1n) is 13.0. The minimum atomic E-state index is -0.282. The first-order chi connectivity index (χ1) is 19.4. The van der Waals surface area contributed by atoms with E-state index in [2.05, 4.69) is 69.1 Å². The smallest absolute Gasteiger partial charge is 0.270 e. The van der Waals surface area contributed by atoms with E-state index in [1.54, 1.807) is 46.5 Å². The summed E-state index contributed by atoms with van der Waals surface area (Å²) in [5, 5.41) is 8.54. The zero-order chi connectivity index (χ0) is 27.4. The van der Waals surface area contributed by atoms with Crippen LogP contribution < -0.4 is 10.9 Å².